The lowest BCUT2D eigenvalue weighted by Gasteiger charge is -2.05. The smallest absolute Gasteiger partial charge is 0.293 e. The van der Waals surface area contributed by atoms with Gasteiger partial charge >= 0.3 is 0 Å². The number of hydrogen-bond donors (Lipinski definition) is 1. The average molecular weight is 431 g/mol. The molecule has 0 unspecified atom stereocenters. The Balaban J connectivity index is 1.30. The summed E-state index contributed by atoms with van der Waals surface area (Å²) in [7, 11) is 0. The Kier molecular flexibility index (Phi) is 6.65. The van der Waals surface area contributed by atoms with Crippen molar-refractivity contribution in [1.82, 2.24) is 14.8 Å². The highest BCUT2D eigenvalue weighted by Gasteiger charge is 2.14. The van der Waals surface area contributed by atoms with E-state index < -0.39 is 5.91 Å². The molecule has 0 saturated carbocycles. The van der Waals surface area contributed by atoms with Crippen LogP contribution in [0.25, 0.3) is 0 Å². The molecular weight excluding hydrogens is 404 g/mol. The number of furan rings is 1. The highest BCUT2D eigenvalue weighted by atomic mass is 16.5. The van der Waals surface area contributed by atoms with Gasteiger partial charge in [-0.25, -0.2) is 9.67 Å². The highest BCUT2D eigenvalue weighted by Crippen LogP contribution is 2.17. The molecule has 0 spiro atoms. The zero-order valence-electron chi connectivity index (χ0n) is 18.2. The van der Waals surface area contributed by atoms with Crippen LogP contribution in [0.5, 0.6) is 5.75 Å². The minimum absolute atomic E-state index is 0.178. The fourth-order valence-corrected chi connectivity index (χ4v) is 3.24. The molecule has 0 aliphatic rings. The van der Waals surface area contributed by atoms with Crippen molar-refractivity contribution in [2.24, 2.45) is 0 Å². The van der Waals surface area contributed by atoms with Crippen LogP contribution in [0, 0.1) is 6.92 Å². The van der Waals surface area contributed by atoms with Crippen LogP contribution in [-0.2, 0) is 19.6 Å². The molecule has 1 amide bonds. The molecule has 0 fully saturated rings. The third-order valence-electron chi connectivity index (χ3n) is 4.96. The largest absolute Gasteiger partial charge is 0.486 e. The molecule has 0 bridgehead atoms. The van der Waals surface area contributed by atoms with Gasteiger partial charge in [-0.1, -0.05) is 55.3 Å². The number of rotatable bonds is 9. The summed E-state index contributed by atoms with van der Waals surface area (Å²) in [6.45, 7) is 5.01. The molecule has 7 heteroatoms. The molecule has 164 valence electrons. The summed E-state index contributed by atoms with van der Waals surface area (Å²) in [5.41, 5.74) is 3.59. The number of aromatic nitrogens is 3. The van der Waals surface area contributed by atoms with Crippen molar-refractivity contribution in [1.29, 1.82) is 0 Å². The van der Waals surface area contributed by atoms with E-state index in [9.17, 15) is 4.79 Å². The van der Waals surface area contributed by atoms with Crippen molar-refractivity contribution in [3.8, 4) is 5.75 Å². The topological polar surface area (TPSA) is 82.2 Å². The quantitative estimate of drug-likeness (QED) is 0.404. The molecule has 2 aromatic heterocycles. The van der Waals surface area contributed by atoms with E-state index in [4.69, 9.17) is 9.15 Å². The number of nitrogens with zero attached hydrogens (tertiary/aromatic N) is 3. The van der Waals surface area contributed by atoms with E-state index in [0.29, 0.717) is 12.3 Å². The second-order valence-corrected chi connectivity index (χ2v) is 7.65. The van der Waals surface area contributed by atoms with Crippen molar-refractivity contribution in [3.05, 3.63) is 95.2 Å². The summed E-state index contributed by atoms with van der Waals surface area (Å²) in [4.78, 5) is 16.6. The van der Waals surface area contributed by atoms with Crippen LogP contribution < -0.4 is 10.1 Å². The van der Waals surface area contributed by atoms with Crippen LogP contribution in [0.15, 0.2) is 71.4 Å². The molecule has 0 aliphatic heterocycles. The summed E-state index contributed by atoms with van der Waals surface area (Å²) in [6.07, 6.45) is 3.75. The molecule has 0 saturated heterocycles. The van der Waals surface area contributed by atoms with Crippen molar-refractivity contribution >= 4 is 11.9 Å². The summed E-state index contributed by atoms with van der Waals surface area (Å²) in [5, 5.41) is 6.97. The van der Waals surface area contributed by atoms with E-state index >= 15 is 0 Å². The molecule has 0 atom stereocenters. The Morgan fingerprint density at radius 2 is 1.78 bits per heavy atom. The molecule has 0 aliphatic carbocycles. The summed E-state index contributed by atoms with van der Waals surface area (Å²) in [5.74, 6) is 1.31. The number of anilines is 1. The monoisotopic (exact) mass is 430 g/mol. The molecule has 4 aromatic rings. The summed E-state index contributed by atoms with van der Waals surface area (Å²) < 4.78 is 13.0. The van der Waals surface area contributed by atoms with Gasteiger partial charge < -0.3 is 9.15 Å². The number of hydrogen-bond acceptors (Lipinski definition) is 5. The Morgan fingerprint density at radius 3 is 2.53 bits per heavy atom. The van der Waals surface area contributed by atoms with Gasteiger partial charge in [0.1, 0.15) is 24.4 Å². The molecule has 2 aromatic carbocycles. The second kappa shape index (κ2) is 9.96. The van der Waals surface area contributed by atoms with Crippen molar-refractivity contribution in [3.63, 3.8) is 0 Å². The molecular formula is C25H26N4O3. The number of aryl methyl sites for hydroxylation is 2. The lowest BCUT2D eigenvalue weighted by atomic mass is 10.1. The normalized spacial score (nSPS) is 10.8. The molecule has 4 rings (SSSR count). The van der Waals surface area contributed by atoms with Crippen LogP contribution in [0.2, 0.25) is 0 Å². The fraction of sp³-hybridized carbons (Fsp3) is 0.240. The molecule has 1 N–H and O–H groups in total. The van der Waals surface area contributed by atoms with E-state index in [0.717, 1.165) is 24.2 Å². The zero-order chi connectivity index (χ0) is 22.3. The maximum atomic E-state index is 12.5. The second-order valence-electron chi connectivity index (χ2n) is 7.65. The molecule has 0 radical (unpaired) electrons. The van der Waals surface area contributed by atoms with Crippen molar-refractivity contribution < 1.29 is 13.9 Å². The Hall–Kier alpha value is -3.87. The van der Waals surface area contributed by atoms with Crippen molar-refractivity contribution in [2.45, 2.75) is 39.8 Å². The Morgan fingerprint density at radius 1 is 1.03 bits per heavy atom. The maximum absolute atomic E-state index is 12.5. The number of carbonyl (C=O) groups excluding carboxylic acids is 1. The lowest BCUT2D eigenvalue weighted by molar-refractivity contribution is 0.0991. The van der Waals surface area contributed by atoms with Gasteiger partial charge in [-0.15, -0.1) is 5.10 Å². The predicted octanol–water partition coefficient (Wildman–Crippen LogP) is 5.01. The highest BCUT2D eigenvalue weighted by molar-refractivity contribution is 6.01. The minimum Gasteiger partial charge on any atom is -0.486 e. The number of benzene rings is 2. The first-order valence-corrected chi connectivity index (χ1v) is 10.7. The van der Waals surface area contributed by atoms with E-state index in [2.05, 4.69) is 46.6 Å². The number of carbonyl (C=O) groups is 1. The van der Waals surface area contributed by atoms with Crippen LogP contribution in [-0.4, -0.2) is 20.7 Å². The molecule has 32 heavy (non-hydrogen) atoms. The third kappa shape index (κ3) is 5.63. The molecule has 7 nitrogen and oxygen atoms in total. The van der Waals surface area contributed by atoms with Gasteiger partial charge in [0.25, 0.3) is 5.91 Å². The third-order valence-corrected chi connectivity index (χ3v) is 4.96. The fourth-order valence-electron chi connectivity index (χ4n) is 3.24. The SMILES string of the molecule is CCCc1ccc(OCc2ccc(C(=O)Nc3ncn(Cc4ccc(C)cc4)n3)o2)cc1. The average Bonchev–Trinajstić information content (AvgIpc) is 3.45. The van der Waals surface area contributed by atoms with E-state index in [1.54, 1.807) is 23.1 Å². The van der Waals surface area contributed by atoms with Gasteiger partial charge in [-0.05, 0) is 48.7 Å². The standard InChI is InChI=1S/C25H26N4O3/c1-3-4-19-9-11-21(12-10-19)31-16-22-13-14-23(32-22)24(30)27-25-26-17-29(28-25)15-20-7-5-18(2)6-8-20/h5-14,17H,3-4,15-16H2,1-2H3,(H,27,28,30). The number of amides is 1. The summed E-state index contributed by atoms with van der Waals surface area (Å²) in [6, 6.07) is 19.5. The van der Waals surface area contributed by atoms with E-state index in [1.165, 1.54) is 11.1 Å². The van der Waals surface area contributed by atoms with E-state index in [1.807, 2.05) is 31.2 Å². The first-order valence-electron chi connectivity index (χ1n) is 10.7. The Labute approximate surface area is 187 Å². The number of nitrogens with one attached hydrogen (secondary N) is 1. The van der Waals surface area contributed by atoms with Crippen LogP contribution in [0.3, 0.4) is 0 Å². The van der Waals surface area contributed by atoms with Gasteiger partial charge in [0.15, 0.2) is 5.76 Å². The Bertz CT molecular complexity index is 1160. The van der Waals surface area contributed by atoms with E-state index in [-0.39, 0.29) is 18.3 Å². The first-order chi connectivity index (χ1) is 15.6. The summed E-state index contributed by atoms with van der Waals surface area (Å²) >= 11 is 0. The first kappa shape index (κ1) is 21.4. The molecule has 2 heterocycles. The minimum atomic E-state index is -0.409. The lowest BCUT2D eigenvalue weighted by Crippen LogP contribution is -2.12. The van der Waals surface area contributed by atoms with Gasteiger partial charge in [0.2, 0.25) is 5.95 Å². The maximum Gasteiger partial charge on any atom is 0.293 e. The van der Waals surface area contributed by atoms with Gasteiger partial charge in [0, 0.05) is 0 Å². The predicted molar refractivity (Wildman–Crippen MR) is 122 cm³/mol. The van der Waals surface area contributed by atoms with Gasteiger partial charge in [0.05, 0.1) is 6.54 Å². The zero-order valence-corrected chi connectivity index (χ0v) is 18.2. The van der Waals surface area contributed by atoms with Crippen LogP contribution in [0.4, 0.5) is 5.95 Å². The van der Waals surface area contributed by atoms with Crippen molar-refractivity contribution in [2.75, 3.05) is 5.32 Å². The van der Waals surface area contributed by atoms with Crippen LogP contribution >= 0.6 is 0 Å². The van der Waals surface area contributed by atoms with Crippen LogP contribution in [0.1, 0.15) is 46.3 Å². The van der Waals surface area contributed by atoms with Gasteiger partial charge in [-0.3, -0.25) is 10.1 Å². The van der Waals surface area contributed by atoms with Gasteiger partial charge in [-0.2, -0.15) is 0 Å². The number of ether oxygens (including phenoxy) is 1.